The van der Waals surface area contributed by atoms with Crippen molar-refractivity contribution in [3.8, 4) is 11.5 Å². The Labute approximate surface area is 257 Å². The van der Waals surface area contributed by atoms with Crippen molar-refractivity contribution in [2.24, 2.45) is 0 Å². The fraction of sp³-hybridized carbons (Fsp3) is 0.412. The number of ether oxygens (including phenoxy) is 1. The number of para-hydroxylation sites is 1. The molecule has 0 aromatic heterocycles. The number of carboxylic acids is 1. The first-order valence-electron chi connectivity index (χ1n) is 14.9. The van der Waals surface area contributed by atoms with Gasteiger partial charge in [-0.2, -0.15) is 0 Å². The summed E-state index contributed by atoms with van der Waals surface area (Å²) >= 11 is 6.32. The first-order valence-corrected chi connectivity index (χ1v) is 15.3. The maximum absolute atomic E-state index is 14.9. The van der Waals surface area contributed by atoms with Gasteiger partial charge in [0.15, 0.2) is 0 Å². The molecule has 2 fully saturated rings. The highest BCUT2D eigenvalue weighted by atomic mass is 35.5. The third-order valence-corrected chi connectivity index (χ3v) is 9.38. The summed E-state index contributed by atoms with van der Waals surface area (Å²) in [4.78, 5) is 30.9. The highest BCUT2D eigenvalue weighted by Crippen LogP contribution is 2.41. The summed E-state index contributed by atoms with van der Waals surface area (Å²) in [5.74, 6) is -0.0828. The van der Waals surface area contributed by atoms with Gasteiger partial charge in [-0.05, 0) is 100 Å². The van der Waals surface area contributed by atoms with Gasteiger partial charge in [0.25, 0.3) is 0 Å². The fourth-order valence-corrected chi connectivity index (χ4v) is 6.47. The molecule has 7 nitrogen and oxygen atoms in total. The number of carbonyl (C=O) groups excluding carboxylic acids is 1. The van der Waals surface area contributed by atoms with Crippen LogP contribution in [0.2, 0.25) is 5.02 Å². The van der Waals surface area contributed by atoms with Crippen LogP contribution in [-0.2, 0) is 21.5 Å². The Balaban J connectivity index is 1.48. The lowest BCUT2D eigenvalue weighted by molar-refractivity contribution is -0.152. The standard InChI is InChI=1S/C34H39ClFN3O4/c1-33(2,32(41)42)38-20-16-34(17-21-38,25-10-12-26(36)13-11-25)31(40)39(27-14-18-37-19-15-27)23-24-6-5-7-28(22-24)43-30-9-4-3-8-29(30)35/h3-13,22,27,37H,14-21,23H2,1-2H3,(H,41,42). The van der Waals surface area contributed by atoms with Crippen LogP contribution in [-0.4, -0.2) is 64.5 Å². The highest BCUT2D eigenvalue weighted by Gasteiger charge is 2.49. The maximum atomic E-state index is 14.9. The summed E-state index contributed by atoms with van der Waals surface area (Å²) < 4.78 is 20.1. The lowest BCUT2D eigenvalue weighted by Crippen LogP contribution is -2.60. The van der Waals surface area contributed by atoms with Crippen LogP contribution in [0.1, 0.15) is 50.7 Å². The summed E-state index contributed by atoms with van der Waals surface area (Å²) in [6.07, 6.45) is 2.51. The largest absolute Gasteiger partial charge is 0.480 e. The van der Waals surface area contributed by atoms with Gasteiger partial charge in [-0.15, -0.1) is 0 Å². The van der Waals surface area contributed by atoms with E-state index in [2.05, 4.69) is 5.32 Å². The minimum absolute atomic E-state index is 0.00351. The van der Waals surface area contributed by atoms with E-state index in [0.29, 0.717) is 49.0 Å². The fourth-order valence-electron chi connectivity index (χ4n) is 6.30. The van der Waals surface area contributed by atoms with E-state index in [1.807, 2.05) is 52.3 Å². The van der Waals surface area contributed by atoms with E-state index in [1.165, 1.54) is 12.1 Å². The quantitative estimate of drug-likeness (QED) is 0.299. The van der Waals surface area contributed by atoms with Crippen LogP contribution in [0.15, 0.2) is 72.8 Å². The van der Waals surface area contributed by atoms with E-state index < -0.39 is 16.9 Å². The molecule has 43 heavy (non-hydrogen) atoms. The second-order valence-electron chi connectivity index (χ2n) is 12.0. The van der Waals surface area contributed by atoms with E-state index in [1.54, 1.807) is 32.0 Å². The van der Waals surface area contributed by atoms with Crippen LogP contribution in [0.3, 0.4) is 0 Å². The van der Waals surface area contributed by atoms with Crippen LogP contribution >= 0.6 is 11.6 Å². The van der Waals surface area contributed by atoms with Crippen molar-refractivity contribution in [1.29, 1.82) is 0 Å². The molecule has 0 aliphatic carbocycles. The number of likely N-dealkylation sites (tertiary alicyclic amines) is 1. The zero-order valence-corrected chi connectivity index (χ0v) is 25.4. The summed E-state index contributed by atoms with van der Waals surface area (Å²) in [5.41, 5.74) is -0.277. The molecule has 0 radical (unpaired) electrons. The third kappa shape index (κ3) is 6.71. The molecule has 3 aromatic rings. The van der Waals surface area contributed by atoms with Gasteiger partial charge >= 0.3 is 5.97 Å². The Morgan fingerprint density at radius 2 is 1.72 bits per heavy atom. The molecule has 0 bridgehead atoms. The average molecular weight is 608 g/mol. The van der Waals surface area contributed by atoms with E-state index >= 15 is 0 Å². The van der Waals surface area contributed by atoms with E-state index in [-0.39, 0.29) is 17.8 Å². The Morgan fingerprint density at radius 1 is 1.05 bits per heavy atom. The molecule has 2 aliphatic heterocycles. The zero-order valence-electron chi connectivity index (χ0n) is 24.7. The zero-order chi connectivity index (χ0) is 30.6. The molecule has 9 heteroatoms. The lowest BCUT2D eigenvalue weighted by atomic mass is 9.70. The Morgan fingerprint density at radius 3 is 2.37 bits per heavy atom. The van der Waals surface area contributed by atoms with E-state index in [0.717, 1.165) is 37.1 Å². The molecular formula is C34H39ClFN3O4. The van der Waals surface area contributed by atoms with Crippen LogP contribution < -0.4 is 10.1 Å². The normalized spacial score (nSPS) is 17.8. The predicted molar refractivity (Wildman–Crippen MR) is 165 cm³/mol. The number of piperidine rings is 2. The highest BCUT2D eigenvalue weighted by molar-refractivity contribution is 6.32. The number of hydrogen-bond donors (Lipinski definition) is 2. The topological polar surface area (TPSA) is 82.1 Å². The Bertz CT molecular complexity index is 1430. The van der Waals surface area contributed by atoms with Gasteiger partial charge in [0.2, 0.25) is 5.91 Å². The molecular weight excluding hydrogens is 569 g/mol. The van der Waals surface area contributed by atoms with Crippen LogP contribution in [0.5, 0.6) is 11.5 Å². The molecule has 0 unspecified atom stereocenters. The minimum Gasteiger partial charge on any atom is -0.480 e. The van der Waals surface area contributed by atoms with Crippen molar-refractivity contribution in [2.45, 2.75) is 63.1 Å². The van der Waals surface area contributed by atoms with Gasteiger partial charge in [0, 0.05) is 25.7 Å². The molecule has 1 amide bonds. The van der Waals surface area contributed by atoms with E-state index in [9.17, 15) is 19.1 Å². The van der Waals surface area contributed by atoms with Gasteiger partial charge in [0.05, 0.1) is 10.4 Å². The van der Waals surface area contributed by atoms with Crippen molar-refractivity contribution in [3.05, 3.63) is 94.8 Å². The van der Waals surface area contributed by atoms with Gasteiger partial charge in [0.1, 0.15) is 22.9 Å². The van der Waals surface area contributed by atoms with Gasteiger partial charge in [-0.3, -0.25) is 14.5 Å². The molecule has 2 heterocycles. The first-order chi connectivity index (χ1) is 20.6. The molecule has 3 aromatic carbocycles. The summed E-state index contributed by atoms with van der Waals surface area (Å²) in [5, 5.41) is 13.8. The van der Waals surface area contributed by atoms with Crippen molar-refractivity contribution >= 4 is 23.5 Å². The van der Waals surface area contributed by atoms with Gasteiger partial charge in [-0.1, -0.05) is 48.0 Å². The summed E-state index contributed by atoms with van der Waals surface area (Å²) in [6, 6.07) is 21.2. The van der Waals surface area contributed by atoms with Crippen molar-refractivity contribution < 1.29 is 23.8 Å². The molecule has 0 atom stereocenters. The Hall–Kier alpha value is -3.46. The van der Waals surface area contributed by atoms with Crippen LogP contribution in [0, 0.1) is 5.82 Å². The number of amides is 1. The second kappa shape index (κ2) is 13.0. The summed E-state index contributed by atoms with van der Waals surface area (Å²) in [7, 11) is 0. The van der Waals surface area contributed by atoms with Crippen LogP contribution in [0.4, 0.5) is 4.39 Å². The van der Waals surface area contributed by atoms with Crippen LogP contribution in [0.25, 0.3) is 0 Å². The molecule has 0 saturated carbocycles. The molecule has 5 rings (SSSR count). The van der Waals surface area contributed by atoms with Crippen molar-refractivity contribution in [2.75, 3.05) is 26.2 Å². The molecule has 228 valence electrons. The molecule has 2 aliphatic rings. The average Bonchev–Trinajstić information content (AvgIpc) is 3.01. The number of nitrogens with one attached hydrogen (secondary N) is 1. The van der Waals surface area contributed by atoms with E-state index in [4.69, 9.17) is 16.3 Å². The Kier molecular flexibility index (Phi) is 9.39. The molecule has 0 spiro atoms. The third-order valence-electron chi connectivity index (χ3n) is 9.06. The molecule has 2 N–H and O–H groups in total. The second-order valence-corrected chi connectivity index (χ2v) is 12.4. The van der Waals surface area contributed by atoms with Crippen molar-refractivity contribution in [3.63, 3.8) is 0 Å². The monoisotopic (exact) mass is 607 g/mol. The number of benzene rings is 3. The number of hydrogen-bond acceptors (Lipinski definition) is 5. The number of rotatable bonds is 9. The minimum atomic E-state index is -1.06. The first kappa shape index (κ1) is 31.0. The number of carbonyl (C=O) groups is 2. The SMILES string of the molecule is CC(C)(C(=O)O)N1CCC(C(=O)N(Cc2cccc(Oc3ccccc3Cl)c2)C2CCNCC2)(c2ccc(F)cc2)CC1. The van der Waals surface area contributed by atoms with Gasteiger partial charge < -0.3 is 20.1 Å². The molecule has 2 saturated heterocycles. The van der Waals surface area contributed by atoms with Gasteiger partial charge in [-0.25, -0.2) is 4.39 Å². The smallest absolute Gasteiger partial charge is 0.323 e. The lowest BCUT2D eigenvalue weighted by Gasteiger charge is -2.48. The maximum Gasteiger partial charge on any atom is 0.323 e. The number of halogens is 2. The van der Waals surface area contributed by atoms with Crippen molar-refractivity contribution in [1.82, 2.24) is 15.1 Å². The summed E-state index contributed by atoms with van der Waals surface area (Å²) in [6.45, 7) is 6.27. The predicted octanol–water partition coefficient (Wildman–Crippen LogP) is 6.25. The number of aliphatic carboxylic acids is 1. The number of nitrogens with zero attached hydrogens (tertiary/aromatic N) is 2. The number of carboxylic acid groups (broad SMARTS) is 1.